The number of piperidine rings is 1. The summed E-state index contributed by atoms with van der Waals surface area (Å²) in [6.45, 7) is 0.833. The number of likely N-dealkylation sites (tertiary alicyclic amines) is 1. The van der Waals surface area contributed by atoms with Crippen molar-refractivity contribution in [2.75, 3.05) is 13.1 Å². The van der Waals surface area contributed by atoms with E-state index in [1.54, 1.807) is 4.90 Å². The fraction of sp³-hybridized carbons (Fsp3) is 0.857. The van der Waals surface area contributed by atoms with Gasteiger partial charge in [-0.15, -0.1) is 0 Å². The van der Waals surface area contributed by atoms with Crippen molar-refractivity contribution in [3.05, 3.63) is 0 Å². The molecule has 2 N–H and O–H groups in total. The molecule has 0 aromatic carbocycles. The minimum atomic E-state index is -4.21. The number of hydrogen-bond acceptors (Lipinski definition) is 2. The molecule has 2 amide bonds. The van der Waals surface area contributed by atoms with Gasteiger partial charge in [0.1, 0.15) is 0 Å². The topological polar surface area (TPSA) is 63.4 Å². The van der Waals surface area contributed by atoms with Gasteiger partial charge in [0.15, 0.2) is 0 Å². The zero-order valence-electron chi connectivity index (χ0n) is 11.9. The highest BCUT2D eigenvalue weighted by Gasteiger charge is 2.44. The predicted molar refractivity (Wildman–Crippen MR) is 70.0 cm³/mol. The highest BCUT2D eigenvalue weighted by molar-refractivity contribution is 5.80. The molecule has 120 valence electrons. The fourth-order valence-corrected chi connectivity index (χ4v) is 3.35. The molecule has 0 unspecified atom stereocenters. The lowest BCUT2D eigenvalue weighted by Crippen LogP contribution is -2.45. The van der Waals surface area contributed by atoms with Crippen molar-refractivity contribution in [2.45, 2.75) is 44.7 Å². The molecule has 1 saturated carbocycles. The van der Waals surface area contributed by atoms with Gasteiger partial charge >= 0.3 is 6.18 Å². The van der Waals surface area contributed by atoms with Crippen LogP contribution in [0, 0.1) is 17.8 Å². The minimum absolute atomic E-state index is 0.0991. The maximum Gasteiger partial charge on any atom is 0.391 e. The average molecular weight is 306 g/mol. The quantitative estimate of drug-likeness (QED) is 0.849. The summed E-state index contributed by atoms with van der Waals surface area (Å²) in [4.78, 5) is 25.0. The number of carbonyl (C=O) groups is 2. The molecule has 4 nitrogen and oxygen atoms in total. The maximum absolute atomic E-state index is 12.8. The van der Waals surface area contributed by atoms with Crippen LogP contribution in [0.3, 0.4) is 0 Å². The summed E-state index contributed by atoms with van der Waals surface area (Å²) in [7, 11) is 0. The Morgan fingerprint density at radius 2 is 1.62 bits per heavy atom. The first-order chi connectivity index (χ1) is 9.79. The molecule has 1 heterocycles. The van der Waals surface area contributed by atoms with Gasteiger partial charge in [-0.2, -0.15) is 13.2 Å². The maximum atomic E-state index is 12.8. The molecular formula is C14H21F3N2O2. The molecule has 0 aromatic heterocycles. The van der Waals surface area contributed by atoms with Gasteiger partial charge in [0.2, 0.25) is 11.8 Å². The second-order valence-corrected chi connectivity index (χ2v) is 6.10. The molecule has 0 radical (unpaired) electrons. The Morgan fingerprint density at radius 3 is 2.14 bits per heavy atom. The first-order valence-electron chi connectivity index (χ1n) is 7.44. The number of hydrogen-bond donors (Lipinski definition) is 1. The fourth-order valence-electron chi connectivity index (χ4n) is 3.35. The first-order valence-corrected chi connectivity index (χ1v) is 7.44. The molecule has 2 atom stereocenters. The molecule has 1 aliphatic carbocycles. The number of rotatable bonds is 2. The van der Waals surface area contributed by atoms with Crippen molar-refractivity contribution in [3.8, 4) is 0 Å². The summed E-state index contributed by atoms with van der Waals surface area (Å²) >= 11 is 0. The minimum Gasteiger partial charge on any atom is -0.369 e. The number of primary amides is 1. The monoisotopic (exact) mass is 306 g/mol. The first kappa shape index (κ1) is 16.1. The number of nitrogens with zero attached hydrogens (tertiary/aromatic N) is 1. The van der Waals surface area contributed by atoms with Crippen LogP contribution in [0.25, 0.3) is 0 Å². The van der Waals surface area contributed by atoms with E-state index in [4.69, 9.17) is 5.73 Å². The van der Waals surface area contributed by atoms with E-state index < -0.39 is 18.0 Å². The van der Waals surface area contributed by atoms with Crippen LogP contribution in [0.2, 0.25) is 0 Å². The van der Waals surface area contributed by atoms with E-state index in [0.717, 1.165) is 0 Å². The molecule has 0 bridgehead atoms. The average Bonchev–Trinajstić information content (AvgIpc) is 2.46. The summed E-state index contributed by atoms with van der Waals surface area (Å²) in [5.74, 6) is -2.66. The Kier molecular flexibility index (Phi) is 4.78. The largest absolute Gasteiger partial charge is 0.391 e. The zero-order valence-corrected chi connectivity index (χ0v) is 11.9. The van der Waals surface area contributed by atoms with E-state index in [9.17, 15) is 22.8 Å². The summed E-state index contributed by atoms with van der Waals surface area (Å²) in [5.41, 5.74) is 5.23. The van der Waals surface area contributed by atoms with Crippen LogP contribution in [0.5, 0.6) is 0 Å². The van der Waals surface area contributed by atoms with E-state index in [-0.39, 0.29) is 30.6 Å². The normalized spacial score (nSPS) is 28.4. The highest BCUT2D eigenvalue weighted by Crippen LogP contribution is 2.40. The third-order valence-electron chi connectivity index (χ3n) is 4.70. The molecular weight excluding hydrogens is 285 g/mol. The molecule has 7 heteroatoms. The standard InChI is InChI=1S/C14H21F3N2O2/c15-14(16,17)11-3-1-2-10(8-11)13(21)19-6-4-9(5-7-19)12(18)20/h9-11H,1-8H2,(H2,18,20)/t10-,11-/m0/s1. The van der Waals surface area contributed by atoms with Crippen molar-refractivity contribution in [2.24, 2.45) is 23.5 Å². The smallest absolute Gasteiger partial charge is 0.369 e. The van der Waals surface area contributed by atoms with E-state index in [2.05, 4.69) is 0 Å². The van der Waals surface area contributed by atoms with Gasteiger partial charge in [-0.05, 0) is 32.1 Å². The van der Waals surface area contributed by atoms with Crippen molar-refractivity contribution < 1.29 is 22.8 Å². The predicted octanol–water partition coefficient (Wildman–Crippen LogP) is 2.08. The van der Waals surface area contributed by atoms with Crippen molar-refractivity contribution in [1.29, 1.82) is 0 Å². The van der Waals surface area contributed by atoms with Gasteiger partial charge in [-0.3, -0.25) is 9.59 Å². The van der Waals surface area contributed by atoms with Gasteiger partial charge < -0.3 is 10.6 Å². The van der Waals surface area contributed by atoms with Gasteiger partial charge in [0.25, 0.3) is 0 Å². The second-order valence-electron chi connectivity index (χ2n) is 6.10. The number of nitrogens with two attached hydrogens (primary N) is 1. The number of alkyl halides is 3. The Morgan fingerprint density at radius 1 is 1.00 bits per heavy atom. The zero-order chi connectivity index (χ0) is 15.6. The van der Waals surface area contributed by atoms with Gasteiger partial charge in [0.05, 0.1) is 5.92 Å². The van der Waals surface area contributed by atoms with Crippen LogP contribution in [0.4, 0.5) is 13.2 Å². The number of halogens is 3. The third kappa shape index (κ3) is 3.89. The molecule has 2 fully saturated rings. The van der Waals surface area contributed by atoms with Gasteiger partial charge in [-0.1, -0.05) is 6.42 Å². The molecule has 0 spiro atoms. The molecule has 0 aromatic rings. The van der Waals surface area contributed by atoms with E-state index in [1.807, 2.05) is 0 Å². The van der Waals surface area contributed by atoms with E-state index in [0.29, 0.717) is 38.8 Å². The molecule has 2 aliphatic rings. The Labute approximate surface area is 121 Å². The summed E-state index contributed by atoms with van der Waals surface area (Å²) in [6.07, 6.45) is -2.19. The third-order valence-corrected chi connectivity index (χ3v) is 4.70. The van der Waals surface area contributed by atoms with E-state index in [1.165, 1.54) is 0 Å². The second kappa shape index (κ2) is 6.23. The van der Waals surface area contributed by atoms with Gasteiger partial charge in [-0.25, -0.2) is 0 Å². The Hall–Kier alpha value is -1.27. The van der Waals surface area contributed by atoms with Crippen LogP contribution < -0.4 is 5.73 Å². The van der Waals surface area contributed by atoms with Crippen LogP contribution in [0.15, 0.2) is 0 Å². The molecule has 1 saturated heterocycles. The van der Waals surface area contributed by atoms with Gasteiger partial charge in [0, 0.05) is 24.9 Å². The number of amides is 2. The van der Waals surface area contributed by atoms with Crippen LogP contribution in [0.1, 0.15) is 38.5 Å². The van der Waals surface area contributed by atoms with E-state index >= 15 is 0 Å². The Balaban J connectivity index is 1.90. The molecule has 21 heavy (non-hydrogen) atoms. The number of carbonyl (C=O) groups excluding carboxylic acids is 2. The SMILES string of the molecule is NC(=O)C1CCN(C(=O)[C@H]2CCC[C@H](C(F)(F)F)C2)CC1. The van der Waals surface area contributed by atoms with Crippen LogP contribution in [-0.4, -0.2) is 36.0 Å². The van der Waals surface area contributed by atoms with Crippen molar-refractivity contribution in [3.63, 3.8) is 0 Å². The Bertz CT molecular complexity index is 404. The molecule has 2 rings (SSSR count). The van der Waals surface area contributed by atoms with Crippen LogP contribution in [-0.2, 0) is 9.59 Å². The summed E-state index contributed by atoms with van der Waals surface area (Å²) in [5, 5.41) is 0. The summed E-state index contributed by atoms with van der Waals surface area (Å²) < 4.78 is 38.4. The lowest BCUT2D eigenvalue weighted by atomic mass is 9.80. The van der Waals surface area contributed by atoms with Crippen molar-refractivity contribution in [1.82, 2.24) is 4.90 Å². The summed E-state index contributed by atoms with van der Waals surface area (Å²) in [6, 6.07) is 0. The van der Waals surface area contributed by atoms with Crippen molar-refractivity contribution >= 4 is 11.8 Å². The highest BCUT2D eigenvalue weighted by atomic mass is 19.4. The van der Waals surface area contributed by atoms with Crippen LogP contribution >= 0.6 is 0 Å². The lowest BCUT2D eigenvalue weighted by Gasteiger charge is -2.36. The molecule has 1 aliphatic heterocycles. The lowest BCUT2D eigenvalue weighted by molar-refractivity contribution is -0.187.